The predicted octanol–water partition coefficient (Wildman–Crippen LogP) is 1.85. The van der Waals surface area contributed by atoms with Gasteiger partial charge in [-0.3, -0.25) is 19.9 Å². The second-order valence-corrected chi connectivity index (χ2v) is 4.10. The number of nitrogens with zero attached hydrogens (tertiary/aromatic N) is 3. The van der Waals surface area contributed by atoms with Crippen LogP contribution in [0.1, 0.15) is 10.4 Å². The predicted molar refractivity (Wildman–Crippen MR) is 74.5 cm³/mol. The minimum atomic E-state index is -0.495. The van der Waals surface area contributed by atoms with E-state index in [2.05, 4.69) is 4.98 Å². The molecule has 1 aromatic heterocycles. The summed E-state index contributed by atoms with van der Waals surface area (Å²) in [5.74, 6) is -0.329. The summed E-state index contributed by atoms with van der Waals surface area (Å²) in [5.41, 5.74) is 6.84. The van der Waals surface area contributed by atoms with Gasteiger partial charge in [-0.25, -0.2) is 0 Å². The van der Waals surface area contributed by atoms with Crippen LogP contribution in [0.2, 0.25) is 0 Å². The smallest absolute Gasteiger partial charge is 0.269 e. The van der Waals surface area contributed by atoms with E-state index >= 15 is 0 Å². The summed E-state index contributed by atoms with van der Waals surface area (Å²) in [6, 6.07) is 7.22. The van der Waals surface area contributed by atoms with E-state index in [4.69, 9.17) is 5.73 Å². The third-order valence-electron chi connectivity index (χ3n) is 2.84. The van der Waals surface area contributed by atoms with Crippen LogP contribution in [-0.4, -0.2) is 22.9 Å². The maximum absolute atomic E-state index is 12.3. The molecular formula is C13H12N4O3. The first-order chi connectivity index (χ1) is 9.50. The molecule has 0 spiro atoms. The zero-order valence-corrected chi connectivity index (χ0v) is 10.7. The van der Waals surface area contributed by atoms with E-state index in [9.17, 15) is 14.9 Å². The molecule has 2 aromatic rings. The zero-order chi connectivity index (χ0) is 14.7. The van der Waals surface area contributed by atoms with Gasteiger partial charge in [0.05, 0.1) is 10.5 Å². The van der Waals surface area contributed by atoms with Crippen LogP contribution < -0.4 is 10.6 Å². The monoisotopic (exact) mass is 272 g/mol. The topological polar surface area (TPSA) is 102 Å². The number of carbonyl (C=O) groups is 1. The van der Waals surface area contributed by atoms with Gasteiger partial charge in [-0.05, 0) is 18.2 Å². The van der Waals surface area contributed by atoms with Crippen LogP contribution >= 0.6 is 0 Å². The van der Waals surface area contributed by atoms with Gasteiger partial charge < -0.3 is 10.6 Å². The molecule has 0 radical (unpaired) electrons. The van der Waals surface area contributed by atoms with Gasteiger partial charge in [-0.15, -0.1) is 0 Å². The molecule has 102 valence electrons. The van der Waals surface area contributed by atoms with Crippen LogP contribution in [0.15, 0.2) is 42.7 Å². The van der Waals surface area contributed by atoms with Gasteiger partial charge in [-0.2, -0.15) is 0 Å². The quantitative estimate of drug-likeness (QED) is 0.678. The van der Waals surface area contributed by atoms with E-state index in [0.29, 0.717) is 11.4 Å². The standard InChI is InChI=1S/C13H12N4O3/c1-16(9-2-4-10(5-3-9)17(19)20)13(18)11-8-15-7-6-12(11)14/h2-8H,1H3,(H2,14,15). The van der Waals surface area contributed by atoms with Crippen molar-refractivity contribution in [3.05, 3.63) is 58.4 Å². The summed E-state index contributed by atoms with van der Waals surface area (Å²) in [6.45, 7) is 0. The normalized spacial score (nSPS) is 10.1. The molecule has 0 unspecified atom stereocenters. The van der Waals surface area contributed by atoms with Crippen molar-refractivity contribution in [3.8, 4) is 0 Å². The summed E-state index contributed by atoms with van der Waals surface area (Å²) < 4.78 is 0. The molecule has 0 atom stereocenters. The van der Waals surface area contributed by atoms with Crippen molar-refractivity contribution in [2.24, 2.45) is 0 Å². The number of rotatable bonds is 3. The van der Waals surface area contributed by atoms with Gasteiger partial charge in [0.1, 0.15) is 0 Å². The highest BCUT2D eigenvalue weighted by Crippen LogP contribution is 2.21. The van der Waals surface area contributed by atoms with Crippen molar-refractivity contribution in [3.63, 3.8) is 0 Å². The Labute approximate surface area is 114 Å². The molecule has 0 aliphatic heterocycles. The average molecular weight is 272 g/mol. The van der Waals surface area contributed by atoms with Gasteiger partial charge in [0.25, 0.3) is 11.6 Å². The molecule has 1 aromatic carbocycles. The van der Waals surface area contributed by atoms with Crippen molar-refractivity contribution in [1.29, 1.82) is 0 Å². The van der Waals surface area contributed by atoms with E-state index in [0.717, 1.165) is 0 Å². The van der Waals surface area contributed by atoms with Crippen molar-refractivity contribution >= 4 is 23.0 Å². The summed E-state index contributed by atoms with van der Waals surface area (Å²) in [4.78, 5) is 27.6. The van der Waals surface area contributed by atoms with Crippen molar-refractivity contribution in [1.82, 2.24) is 4.98 Å². The molecule has 2 rings (SSSR count). The number of hydrogen-bond acceptors (Lipinski definition) is 5. The lowest BCUT2D eigenvalue weighted by Gasteiger charge is -2.17. The first-order valence-electron chi connectivity index (χ1n) is 5.72. The van der Waals surface area contributed by atoms with E-state index in [1.807, 2.05) is 0 Å². The number of pyridine rings is 1. The molecule has 2 N–H and O–H groups in total. The number of aromatic nitrogens is 1. The molecule has 7 nitrogen and oxygen atoms in total. The van der Waals surface area contributed by atoms with Crippen LogP contribution in [0.3, 0.4) is 0 Å². The minimum Gasteiger partial charge on any atom is -0.398 e. The molecule has 20 heavy (non-hydrogen) atoms. The summed E-state index contributed by atoms with van der Waals surface area (Å²) >= 11 is 0. The van der Waals surface area contributed by atoms with E-state index < -0.39 is 4.92 Å². The lowest BCUT2D eigenvalue weighted by atomic mass is 10.2. The highest BCUT2D eigenvalue weighted by atomic mass is 16.6. The third kappa shape index (κ3) is 2.56. The Bertz CT molecular complexity index is 655. The summed E-state index contributed by atoms with van der Waals surface area (Å²) in [6.07, 6.45) is 2.89. The molecule has 0 fully saturated rings. The lowest BCUT2D eigenvalue weighted by Crippen LogP contribution is -2.27. The highest BCUT2D eigenvalue weighted by molar-refractivity contribution is 6.08. The first kappa shape index (κ1) is 13.5. The second-order valence-electron chi connectivity index (χ2n) is 4.10. The van der Waals surface area contributed by atoms with Crippen molar-refractivity contribution < 1.29 is 9.72 Å². The average Bonchev–Trinajstić information content (AvgIpc) is 2.46. The Morgan fingerprint density at radius 2 is 1.95 bits per heavy atom. The maximum Gasteiger partial charge on any atom is 0.269 e. The number of carbonyl (C=O) groups excluding carboxylic acids is 1. The molecular weight excluding hydrogens is 260 g/mol. The molecule has 1 heterocycles. The SMILES string of the molecule is CN(C(=O)c1cnccc1N)c1ccc([N+](=O)[O-])cc1. The van der Waals surface area contributed by atoms with E-state index in [-0.39, 0.29) is 17.2 Å². The van der Waals surface area contributed by atoms with E-state index in [1.165, 1.54) is 47.6 Å². The molecule has 1 amide bonds. The number of amides is 1. The number of non-ortho nitro benzene ring substituents is 1. The lowest BCUT2D eigenvalue weighted by molar-refractivity contribution is -0.384. The van der Waals surface area contributed by atoms with E-state index in [1.54, 1.807) is 7.05 Å². The van der Waals surface area contributed by atoms with Gasteiger partial charge in [0.15, 0.2) is 0 Å². The third-order valence-corrected chi connectivity index (χ3v) is 2.84. The number of benzene rings is 1. The summed E-state index contributed by atoms with van der Waals surface area (Å²) in [7, 11) is 1.57. The van der Waals surface area contributed by atoms with Gasteiger partial charge in [0.2, 0.25) is 0 Å². The largest absolute Gasteiger partial charge is 0.398 e. The Morgan fingerprint density at radius 3 is 2.50 bits per heavy atom. The van der Waals surface area contributed by atoms with Gasteiger partial charge in [0, 0.05) is 42.9 Å². The Kier molecular flexibility index (Phi) is 3.60. The van der Waals surface area contributed by atoms with Crippen LogP contribution in [0.5, 0.6) is 0 Å². The Hall–Kier alpha value is -2.96. The number of anilines is 2. The zero-order valence-electron chi connectivity index (χ0n) is 10.7. The maximum atomic E-state index is 12.3. The number of nitrogen functional groups attached to an aromatic ring is 1. The fourth-order valence-corrected chi connectivity index (χ4v) is 1.68. The first-order valence-corrected chi connectivity index (χ1v) is 5.72. The fourth-order valence-electron chi connectivity index (χ4n) is 1.68. The summed E-state index contributed by atoms with van der Waals surface area (Å²) in [5, 5.41) is 10.6. The number of nitro groups is 1. The number of hydrogen-bond donors (Lipinski definition) is 1. The fraction of sp³-hybridized carbons (Fsp3) is 0.0769. The molecule has 0 saturated heterocycles. The van der Waals surface area contributed by atoms with Gasteiger partial charge in [-0.1, -0.05) is 0 Å². The minimum absolute atomic E-state index is 0.0320. The van der Waals surface area contributed by atoms with Crippen molar-refractivity contribution in [2.75, 3.05) is 17.7 Å². The molecule has 7 heteroatoms. The van der Waals surface area contributed by atoms with Crippen LogP contribution in [-0.2, 0) is 0 Å². The van der Waals surface area contributed by atoms with Crippen LogP contribution in [0.25, 0.3) is 0 Å². The molecule has 0 saturated carbocycles. The Balaban J connectivity index is 2.27. The number of nitro benzene ring substituents is 1. The second kappa shape index (κ2) is 5.35. The van der Waals surface area contributed by atoms with Crippen LogP contribution in [0, 0.1) is 10.1 Å². The van der Waals surface area contributed by atoms with Gasteiger partial charge >= 0.3 is 0 Å². The highest BCUT2D eigenvalue weighted by Gasteiger charge is 2.17. The number of nitrogens with two attached hydrogens (primary N) is 1. The Morgan fingerprint density at radius 1 is 1.30 bits per heavy atom. The molecule has 0 aliphatic rings. The van der Waals surface area contributed by atoms with Crippen LogP contribution in [0.4, 0.5) is 17.1 Å². The molecule has 0 bridgehead atoms. The van der Waals surface area contributed by atoms with Crippen molar-refractivity contribution in [2.45, 2.75) is 0 Å². The molecule has 0 aliphatic carbocycles.